The van der Waals surface area contributed by atoms with Gasteiger partial charge in [0.05, 0.1) is 11.0 Å². The number of hydrogen-bond acceptors (Lipinski definition) is 3. The number of nitrogens with one attached hydrogen (secondary N) is 2. The molecular weight excluding hydrogens is 384 g/mol. The van der Waals surface area contributed by atoms with E-state index in [1.54, 1.807) is 0 Å². The quantitative estimate of drug-likeness (QED) is 0.664. The van der Waals surface area contributed by atoms with E-state index < -0.39 is 0 Å². The highest BCUT2D eigenvalue weighted by molar-refractivity contribution is 5.91. The number of anilines is 1. The van der Waals surface area contributed by atoms with Gasteiger partial charge >= 0.3 is 0 Å². The number of hydrogen-bond donors (Lipinski definition) is 2. The van der Waals surface area contributed by atoms with Crippen LogP contribution in [0.3, 0.4) is 0 Å². The molecule has 2 unspecified atom stereocenters. The molecule has 2 N–H and O–H groups in total. The Bertz CT molecular complexity index is 1000. The number of imidazole rings is 1. The van der Waals surface area contributed by atoms with Gasteiger partial charge in [-0.25, -0.2) is 4.98 Å². The Morgan fingerprint density at radius 2 is 1.79 bits per heavy atom. The van der Waals surface area contributed by atoms with E-state index in [2.05, 4.69) is 21.3 Å². The van der Waals surface area contributed by atoms with Crippen molar-refractivity contribution in [3.8, 4) is 11.4 Å². The SMILES string of the molecule is Cl.Cn1c(-c2ccc(NC(=O)CC3CC4CCC(C3)N4)cc2)nc2ccccc21. The fraction of sp³-hybridized carbons (Fsp3) is 0.391. The number of carbonyl (C=O) groups excluding carboxylic acids is 1. The molecule has 1 aromatic heterocycles. The molecule has 0 spiro atoms. The van der Waals surface area contributed by atoms with Crippen molar-refractivity contribution in [2.75, 3.05) is 5.32 Å². The van der Waals surface area contributed by atoms with E-state index in [1.165, 1.54) is 12.8 Å². The first kappa shape index (κ1) is 19.9. The van der Waals surface area contributed by atoms with E-state index in [1.807, 2.05) is 49.5 Å². The van der Waals surface area contributed by atoms with Crippen LogP contribution in [0, 0.1) is 5.92 Å². The minimum Gasteiger partial charge on any atom is -0.327 e. The maximum absolute atomic E-state index is 12.5. The average Bonchev–Trinajstić information content (AvgIpc) is 3.22. The smallest absolute Gasteiger partial charge is 0.224 e. The van der Waals surface area contributed by atoms with Gasteiger partial charge in [0.15, 0.2) is 0 Å². The van der Waals surface area contributed by atoms with E-state index >= 15 is 0 Å². The Morgan fingerprint density at radius 1 is 1.10 bits per heavy atom. The first-order valence-corrected chi connectivity index (χ1v) is 10.2. The van der Waals surface area contributed by atoms with Crippen molar-refractivity contribution in [2.45, 2.75) is 44.2 Å². The van der Waals surface area contributed by atoms with Crippen LogP contribution < -0.4 is 10.6 Å². The molecule has 6 heteroatoms. The minimum atomic E-state index is 0. The Kier molecular flexibility index (Phi) is 5.61. The van der Waals surface area contributed by atoms with Crippen LogP contribution in [0.5, 0.6) is 0 Å². The molecule has 2 aliphatic rings. The van der Waals surface area contributed by atoms with Crippen LogP contribution in [0.1, 0.15) is 32.1 Å². The summed E-state index contributed by atoms with van der Waals surface area (Å²) in [6, 6.07) is 17.4. The van der Waals surface area contributed by atoms with E-state index in [4.69, 9.17) is 4.98 Å². The number of piperidine rings is 1. The van der Waals surface area contributed by atoms with Crippen LogP contribution in [0.4, 0.5) is 5.69 Å². The number of halogens is 1. The molecule has 29 heavy (non-hydrogen) atoms. The highest BCUT2D eigenvalue weighted by Gasteiger charge is 2.34. The molecule has 5 rings (SSSR count). The number of carbonyl (C=O) groups is 1. The molecule has 2 bridgehead atoms. The summed E-state index contributed by atoms with van der Waals surface area (Å²) in [6.45, 7) is 0. The zero-order valence-electron chi connectivity index (χ0n) is 16.6. The largest absolute Gasteiger partial charge is 0.327 e. The maximum atomic E-state index is 12.5. The van der Waals surface area contributed by atoms with Gasteiger partial charge in [0.2, 0.25) is 5.91 Å². The normalized spacial score (nSPS) is 23.0. The van der Waals surface area contributed by atoms with Gasteiger partial charge in [-0.05, 0) is 68.0 Å². The Labute approximate surface area is 177 Å². The van der Waals surface area contributed by atoms with Crippen molar-refractivity contribution in [1.29, 1.82) is 0 Å². The summed E-state index contributed by atoms with van der Waals surface area (Å²) in [5.41, 5.74) is 4.01. The predicted octanol–water partition coefficient (Wildman–Crippen LogP) is 4.52. The lowest BCUT2D eigenvalue weighted by atomic mass is 9.89. The van der Waals surface area contributed by atoms with E-state index in [-0.39, 0.29) is 18.3 Å². The van der Waals surface area contributed by atoms with Gasteiger partial charge in [-0.2, -0.15) is 0 Å². The molecule has 152 valence electrons. The first-order chi connectivity index (χ1) is 13.7. The third-order valence-electron chi connectivity index (χ3n) is 6.26. The molecule has 5 nitrogen and oxygen atoms in total. The second-order valence-corrected chi connectivity index (χ2v) is 8.29. The molecule has 2 fully saturated rings. The Hall–Kier alpha value is -2.37. The number of aromatic nitrogens is 2. The molecule has 0 radical (unpaired) electrons. The lowest BCUT2D eigenvalue weighted by Gasteiger charge is -2.28. The van der Waals surface area contributed by atoms with Gasteiger partial charge in [0.1, 0.15) is 5.82 Å². The molecule has 2 aliphatic heterocycles. The Balaban J connectivity index is 0.00000205. The summed E-state index contributed by atoms with van der Waals surface area (Å²) in [6.07, 6.45) is 5.44. The number of fused-ring (bicyclic) bond motifs is 3. The van der Waals surface area contributed by atoms with Crippen LogP contribution in [-0.4, -0.2) is 27.5 Å². The van der Waals surface area contributed by atoms with Gasteiger partial charge in [0, 0.05) is 36.8 Å². The number of amides is 1. The standard InChI is InChI=1S/C23H26N4O.ClH/c1-27-21-5-3-2-4-20(21)26-23(27)16-6-8-17(9-7-16)25-22(28)14-15-12-18-10-11-19(13-15)24-18;/h2-9,15,18-19,24H,10-14H2,1H3,(H,25,28);1H. The van der Waals surface area contributed by atoms with Crippen molar-refractivity contribution >= 4 is 35.0 Å². The maximum Gasteiger partial charge on any atom is 0.224 e. The van der Waals surface area contributed by atoms with Gasteiger partial charge in [0.25, 0.3) is 0 Å². The number of nitrogens with zero attached hydrogens (tertiary/aromatic N) is 2. The summed E-state index contributed by atoms with van der Waals surface area (Å²) < 4.78 is 2.11. The van der Waals surface area contributed by atoms with Gasteiger partial charge < -0.3 is 15.2 Å². The zero-order valence-corrected chi connectivity index (χ0v) is 17.4. The topological polar surface area (TPSA) is 59.0 Å². The number of para-hydroxylation sites is 2. The third-order valence-corrected chi connectivity index (χ3v) is 6.26. The molecule has 0 aliphatic carbocycles. The fourth-order valence-electron chi connectivity index (χ4n) is 4.92. The number of aryl methyl sites for hydroxylation is 1. The lowest BCUT2D eigenvalue weighted by Crippen LogP contribution is -2.39. The summed E-state index contributed by atoms with van der Waals surface area (Å²) in [7, 11) is 2.03. The summed E-state index contributed by atoms with van der Waals surface area (Å²) in [5.74, 6) is 1.57. The van der Waals surface area contributed by atoms with Gasteiger partial charge in [-0.3, -0.25) is 4.79 Å². The van der Waals surface area contributed by atoms with Crippen molar-refractivity contribution in [1.82, 2.24) is 14.9 Å². The van der Waals surface area contributed by atoms with Crippen molar-refractivity contribution < 1.29 is 4.79 Å². The molecule has 2 saturated heterocycles. The molecule has 2 atom stereocenters. The second-order valence-electron chi connectivity index (χ2n) is 8.29. The van der Waals surface area contributed by atoms with Crippen molar-refractivity contribution in [3.63, 3.8) is 0 Å². The number of benzene rings is 2. The molecular formula is C23H27ClN4O. The fourth-order valence-corrected chi connectivity index (χ4v) is 4.92. The molecule has 2 aromatic carbocycles. The summed E-state index contributed by atoms with van der Waals surface area (Å²) >= 11 is 0. The minimum absolute atomic E-state index is 0. The van der Waals surface area contributed by atoms with E-state index in [9.17, 15) is 4.79 Å². The van der Waals surface area contributed by atoms with Crippen molar-refractivity contribution in [3.05, 3.63) is 48.5 Å². The lowest BCUT2D eigenvalue weighted by molar-refractivity contribution is -0.117. The highest BCUT2D eigenvalue weighted by atomic mass is 35.5. The predicted molar refractivity (Wildman–Crippen MR) is 119 cm³/mol. The monoisotopic (exact) mass is 410 g/mol. The first-order valence-electron chi connectivity index (χ1n) is 10.2. The molecule has 3 heterocycles. The van der Waals surface area contributed by atoms with Crippen LogP contribution in [-0.2, 0) is 11.8 Å². The average molecular weight is 411 g/mol. The zero-order chi connectivity index (χ0) is 19.1. The number of rotatable bonds is 4. The summed E-state index contributed by atoms with van der Waals surface area (Å²) in [5, 5.41) is 6.71. The Morgan fingerprint density at radius 3 is 2.48 bits per heavy atom. The van der Waals surface area contributed by atoms with Gasteiger partial charge in [-0.15, -0.1) is 12.4 Å². The van der Waals surface area contributed by atoms with Crippen LogP contribution in [0.2, 0.25) is 0 Å². The molecule has 0 saturated carbocycles. The second kappa shape index (κ2) is 8.17. The van der Waals surface area contributed by atoms with Crippen LogP contribution in [0.25, 0.3) is 22.4 Å². The molecule has 3 aromatic rings. The summed E-state index contributed by atoms with van der Waals surface area (Å²) in [4.78, 5) is 17.2. The third kappa shape index (κ3) is 4.02. The van der Waals surface area contributed by atoms with Crippen LogP contribution >= 0.6 is 12.4 Å². The van der Waals surface area contributed by atoms with E-state index in [0.717, 1.165) is 41.0 Å². The van der Waals surface area contributed by atoms with E-state index in [0.29, 0.717) is 24.4 Å². The van der Waals surface area contributed by atoms with Gasteiger partial charge in [-0.1, -0.05) is 12.1 Å². The molecule has 1 amide bonds. The van der Waals surface area contributed by atoms with Crippen LogP contribution in [0.15, 0.2) is 48.5 Å². The highest BCUT2D eigenvalue weighted by Crippen LogP contribution is 2.33. The van der Waals surface area contributed by atoms with Crippen molar-refractivity contribution in [2.24, 2.45) is 13.0 Å².